The van der Waals surface area contributed by atoms with Crippen molar-refractivity contribution in [3.05, 3.63) is 58.7 Å². The summed E-state index contributed by atoms with van der Waals surface area (Å²) in [6.07, 6.45) is -10.0. The molecule has 0 aliphatic heterocycles. The summed E-state index contributed by atoms with van der Waals surface area (Å²) in [7, 11) is 0. The van der Waals surface area contributed by atoms with Crippen molar-refractivity contribution < 1.29 is 35.9 Å². The molecule has 2 rings (SSSR count). The molecule has 28 heavy (non-hydrogen) atoms. The van der Waals surface area contributed by atoms with Gasteiger partial charge in [0, 0.05) is 5.69 Å². The molecule has 0 aliphatic rings. The summed E-state index contributed by atoms with van der Waals surface area (Å²) in [6, 6.07) is 5.04. The van der Waals surface area contributed by atoms with Crippen LogP contribution in [0.25, 0.3) is 0 Å². The fourth-order valence-electron chi connectivity index (χ4n) is 2.26. The van der Waals surface area contributed by atoms with Gasteiger partial charge < -0.3 is 15.4 Å². The van der Waals surface area contributed by atoms with Crippen LogP contribution in [0, 0.1) is 13.8 Å². The van der Waals surface area contributed by atoms with E-state index in [0.29, 0.717) is 17.9 Å². The molecule has 2 aromatic carbocycles. The highest BCUT2D eigenvalue weighted by Gasteiger charge is 2.37. The van der Waals surface area contributed by atoms with Crippen molar-refractivity contribution in [2.75, 3.05) is 12.0 Å². The topological polar surface area (TPSA) is 50.4 Å². The Labute approximate surface area is 156 Å². The lowest BCUT2D eigenvalue weighted by molar-refractivity contribution is -0.143. The molecule has 0 saturated carbocycles. The van der Waals surface area contributed by atoms with Crippen LogP contribution >= 0.6 is 0 Å². The standard InChI is InChI=1S/C18H16F6N2O2/c1-10-4-3-5-15(11(10)2)28-9-25-16(27)26-14-7-12(17(19,20)21)6-13(8-14)18(22,23)24/h3-8H,9H2,1-2H3,(H2,25,26,27). The zero-order valence-corrected chi connectivity index (χ0v) is 14.8. The summed E-state index contributed by atoms with van der Waals surface area (Å²) in [5.74, 6) is 0.485. The first-order valence-electron chi connectivity index (χ1n) is 7.91. The Morgan fingerprint density at radius 1 is 0.964 bits per heavy atom. The molecular weight excluding hydrogens is 390 g/mol. The Kier molecular flexibility index (Phi) is 6.10. The van der Waals surface area contributed by atoms with E-state index in [2.05, 4.69) is 5.32 Å². The van der Waals surface area contributed by atoms with E-state index in [4.69, 9.17) is 4.74 Å². The second kappa shape index (κ2) is 7.99. The van der Waals surface area contributed by atoms with Crippen molar-refractivity contribution in [1.29, 1.82) is 0 Å². The van der Waals surface area contributed by atoms with Gasteiger partial charge >= 0.3 is 18.4 Å². The van der Waals surface area contributed by atoms with Gasteiger partial charge in [0.25, 0.3) is 0 Å². The van der Waals surface area contributed by atoms with Crippen LogP contribution in [-0.2, 0) is 12.4 Å². The fourth-order valence-corrected chi connectivity index (χ4v) is 2.26. The number of hydrogen-bond donors (Lipinski definition) is 2. The third kappa shape index (κ3) is 5.54. The van der Waals surface area contributed by atoms with E-state index in [9.17, 15) is 31.1 Å². The van der Waals surface area contributed by atoms with Gasteiger partial charge in [0.1, 0.15) is 5.75 Å². The van der Waals surface area contributed by atoms with E-state index in [1.807, 2.05) is 18.3 Å². The molecule has 0 radical (unpaired) electrons. The van der Waals surface area contributed by atoms with Gasteiger partial charge in [-0.1, -0.05) is 12.1 Å². The lowest BCUT2D eigenvalue weighted by Gasteiger charge is -2.15. The number of alkyl halides is 6. The first kappa shape index (κ1) is 21.4. The number of ether oxygens (including phenoxy) is 1. The maximum atomic E-state index is 12.8. The van der Waals surface area contributed by atoms with Crippen LogP contribution < -0.4 is 15.4 Å². The molecule has 4 nitrogen and oxygen atoms in total. The summed E-state index contributed by atoms with van der Waals surface area (Å²) in [4.78, 5) is 11.8. The van der Waals surface area contributed by atoms with Crippen LogP contribution in [0.1, 0.15) is 22.3 Å². The third-order valence-electron chi connectivity index (χ3n) is 3.86. The maximum absolute atomic E-state index is 12.8. The van der Waals surface area contributed by atoms with Gasteiger partial charge in [0.05, 0.1) is 11.1 Å². The number of carbonyl (C=O) groups excluding carboxylic acids is 1. The molecule has 2 N–H and O–H groups in total. The zero-order valence-electron chi connectivity index (χ0n) is 14.8. The number of amides is 2. The highest BCUT2D eigenvalue weighted by Crippen LogP contribution is 2.37. The van der Waals surface area contributed by atoms with E-state index in [1.54, 1.807) is 19.1 Å². The number of carbonyl (C=O) groups is 1. The Bertz CT molecular complexity index is 830. The predicted octanol–water partition coefficient (Wildman–Crippen LogP) is 5.50. The van der Waals surface area contributed by atoms with E-state index < -0.39 is 35.2 Å². The van der Waals surface area contributed by atoms with Gasteiger partial charge in [-0.05, 0) is 49.2 Å². The molecular formula is C18H16F6N2O2. The van der Waals surface area contributed by atoms with Gasteiger partial charge in [-0.25, -0.2) is 4.79 Å². The number of hydrogen-bond acceptors (Lipinski definition) is 2. The smallest absolute Gasteiger partial charge is 0.416 e. The number of halogens is 6. The molecule has 0 fully saturated rings. The van der Waals surface area contributed by atoms with Crippen LogP contribution in [0.15, 0.2) is 36.4 Å². The van der Waals surface area contributed by atoms with Crippen LogP contribution in [0.4, 0.5) is 36.8 Å². The van der Waals surface area contributed by atoms with Crippen molar-refractivity contribution in [3.63, 3.8) is 0 Å². The maximum Gasteiger partial charge on any atom is 0.416 e. The normalized spacial score (nSPS) is 11.9. The minimum absolute atomic E-state index is 0.0211. The van der Waals surface area contributed by atoms with Crippen LogP contribution in [-0.4, -0.2) is 12.8 Å². The van der Waals surface area contributed by atoms with E-state index in [-0.39, 0.29) is 12.8 Å². The monoisotopic (exact) mass is 406 g/mol. The minimum Gasteiger partial charge on any atom is -0.473 e. The minimum atomic E-state index is -5.00. The molecule has 2 amide bonds. The largest absolute Gasteiger partial charge is 0.473 e. The summed E-state index contributed by atoms with van der Waals surface area (Å²) in [5.41, 5.74) is -1.91. The van der Waals surface area contributed by atoms with E-state index in [0.717, 1.165) is 11.1 Å². The molecule has 152 valence electrons. The van der Waals surface area contributed by atoms with E-state index >= 15 is 0 Å². The van der Waals surface area contributed by atoms with Crippen molar-refractivity contribution in [2.24, 2.45) is 0 Å². The quantitative estimate of drug-likeness (QED) is 0.521. The van der Waals surface area contributed by atoms with Crippen molar-refractivity contribution in [2.45, 2.75) is 26.2 Å². The molecule has 0 aliphatic carbocycles. The highest BCUT2D eigenvalue weighted by atomic mass is 19.4. The number of anilines is 1. The van der Waals surface area contributed by atoms with Gasteiger partial charge in [-0.2, -0.15) is 26.3 Å². The first-order chi connectivity index (χ1) is 12.9. The average Bonchev–Trinajstić information content (AvgIpc) is 2.57. The lowest BCUT2D eigenvalue weighted by Crippen LogP contribution is -2.32. The molecule has 0 heterocycles. The number of benzene rings is 2. The number of aryl methyl sites for hydroxylation is 1. The second-order valence-corrected chi connectivity index (χ2v) is 5.91. The van der Waals surface area contributed by atoms with Gasteiger partial charge in [0.2, 0.25) is 0 Å². The third-order valence-corrected chi connectivity index (χ3v) is 3.86. The van der Waals surface area contributed by atoms with Crippen LogP contribution in [0.2, 0.25) is 0 Å². The zero-order chi connectivity index (χ0) is 21.1. The molecule has 0 atom stereocenters. The number of urea groups is 1. The second-order valence-electron chi connectivity index (χ2n) is 5.91. The van der Waals surface area contributed by atoms with Crippen LogP contribution in [0.5, 0.6) is 5.75 Å². The van der Waals surface area contributed by atoms with Gasteiger partial charge in [-0.3, -0.25) is 0 Å². The number of rotatable bonds is 4. The van der Waals surface area contributed by atoms with Crippen molar-refractivity contribution >= 4 is 11.7 Å². The van der Waals surface area contributed by atoms with Crippen LogP contribution in [0.3, 0.4) is 0 Å². The fraction of sp³-hybridized carbons (Fsp3) is 0.278. The Hall–Kier alpha value is -2.91. The van der Waals surface area contributed by atoms with Crippen molar-refractivity contribution in [1.82, 2.24) is 5.32 Å². The summed E-state index contributed by atoms with van der Waals surface area (Å²) < 4.78 is 82.3. The van der Waals surface area contributed by atoms with Gasteiger partial charge in [-0.15, -0.1) is 0 Å². The molecule has 2 aromatic rings. The molecule has 0 unspecified atom stereocenters. The Morgan fingerprint density at radius 3 is 2.07 bits per heavy atom. The Balaban J connectivity index is 2.07. The highest BCUT2D eigenvalue weighted by molar-refractivity contribution is 5.89. The average molecular weight is 406 g/mol. The predicted molar refractivity (Wildman–Crippen MR) is 90.0 cm³/mol. The SMILES string of the molecule is Cc1cccc(OCNC(=O)Nc2cc(C(F)(F)F)cc(C(F)(F)F)c2)c1C. The molecule has 10 heteroatoms. The summed E-state index contributed by atoms with van der Waals surface area (Å²) in [6.45, 7) is 3.32. The molecule has 0 aromatic heterocycles. The summed E-state index contributed by atoms with van der Waals surface area (Å²) >= 11 is 0. The molecule has 0 bridgehead atoms. The Morgan fingerprint density at radius 2 is 1.54 bits per heavy atom. The lowest BCUT2D eigenvalue weighted by atomic mass is 10.1. The summed E-state index contributed by atoms with van der Waals surface area (Å²) in [5, 5.41) is 4.16. The van der Waals surface area contributed by atoms with Crippen molar-refractivity contribution in [3.8, 4) is 5.75 Å². The first-order valence-corrected chi connectivity index (χ1v) is 7.91. The van der Waals surface area contributed by atoms with E-state index in [1.165, 1.54) is 0 Å². The van der Waals surface area contributed by atoms with Gasteiger partial charge in [0.15, 0.2) is 6.73 Å². The number of nitrogens with one attached hydrogen (secondary N) is 2. The molecule has 0 saturated heterocycles. The molecule has 0 spiro atoms.